The highest BCUT2D eigenvalue weighted by molar-refractivity contribution is 5.95. The molecule has 2 atom stereocenters. The normalized spacial score (nSPS) is 21.0. The number of carbonyl (C=O) groups excluding carboxylic acids is 1. The van der Waals surface area contributed by atoms with Crippen molar-refractivity contribution in [1.29, 1.82) is 0 Å². The average Bonchev–Trinajstić information content (AvgIpc) is 3.33. The van der Waals surface area contributed by atoms with Gasteiger partial charge in [0.25, 0.3) is 5.91 Å². The van der Waals surface area contributed by atoms with Crippen molar-refractivity contribution in [3.05, 3.63) is 48.2 Å². The van der Waals surface area contributed by atoms with E-state index in [1.165, 1.54) is 12.8 Å². The van der Waals surface area contributed by atoms with Gasteiger partial charge in [-0.2, -0.15) is 0 Å². The van der Waals surface area contributed by atoms with Crippen molar-refractivity contribution in [2.75, 3.05) is 26.0 Å². The van der Waals surface area contributed by atoms with Gasteiger partial charge in [0.05, 0.1) is 11.9 Å². The first-order valence-corrected chi connectivity index (χ1v) is 11.2. The zero-order valence-electron chi connectivity index (χ0n) is 18.2. The molecule has 0 bridgehead atoms. The Morgan fingerprint density at radius 2 is 1.90 bits per heavy atom. The quantitative estimate of drug-likeness (QED) is 0.615. The summed E-state index contributed by atoms with van der Waals surface area (Å²) in [6.07, 6.45) is 7.78. The summed E-state index contributed by atoms with van der Waals surface area (Å²) in [6.45, 7) is 0.974. The van der Waals surface area contributed by atoms with Crippen LogP contribution in [0.3, 0.4) is 0 Å². The van der Waals surface area contributed by atoms with Gasteiger partial charge in [0.2, 0.25) is 0 Å². The maximum Gasteiger partial charge on any atom is 0.251 e. The number of anilines is 1. The lowest BCUT2D eigenvalue weighted by Gasteiger charge is -2.26. The summed E-state index contributed by atoms with van der Waals surface area (Å²) < 4.78 is 1.87. The molecule has 7 nitrogen and oxygen atoms in total. The smallest absolute Gasteiger partial charge is 0.251 e. The van der Waals surface area contributed by atoms with E-state index in [0.29, 0.717) is 11.6 Å². The van der Waals surface area contributed by atoms with Crippen LogP contribution in [0.15, 0.2) is 42.6 Å². The first-order valence-electron chi connectivity index (χ1n) is 11.2. The molecular weight excluding hydrogens is 388 g/mol. The van der Waals surface area contributed by atoms with Gasteiger partial charge in [-0.15, -0.1) is 5.10 Å². The second-order valence-electron chi connectivity index (χ2n) is 9.08. The molecule has 1 amide bonds. The molecular formula is C24H30N6O. The Labute approximate surface area is 182 Å². The van der Waals surface area contributed by atoms with E-state index in [1.54, 1.807) is 0 Å². The highest BCUT2D eigenvalue weighted by atomic mass is 16.1. The average molecular weight is 419 g/mol. The fourth-order valence-corrected chi connectivity index (χ4v) is 4.51. The van der Waals surface area contributed by atoms with Crippen molar-refractivity contribution in [2.45, 2.75) is 44.2 Å². The second-order valence-corrected chi connectivity index (χ2v) is 9.08. The Morgan fingerprint density at radius 1 is 1.10 bits per heavy atom. The fourth-order valence-electron chi connectivity index (χ4n) is 4.51. The van der Waals surface area contributed by atoms with Crippen molar-refractivity contribution in [1.82, 2.24) is 24.8 Å². The molecule has 0 radical (unpaired) electrons. The Morgan fingerprint density at radius 3 is 2.65 bits per heavy atom. The van der Waals surface area contributed by atoms with E-state index < -0.39 is 0 Å². The molecule has 2 heterocycles. The molecule has 2 aliphatic carbocycles. The lowest BCUT2D eigenvalue weighted by Crippen LogP contribution is -2.46. The number of nitrogens with one attached hydrogen (secondary N) is 2. The fraction of sp³-hybridized carbons (Fsp3) is 0.458. The topological polar surface area (TPSA) is 74.6 Å². The molecule has 0 spiro atoms. The van der Waals surface area contributed by atoms with Gasteiger partial charge in [-0.3, -0.25) is 4.79 Å². The summed E-state index contributed by atoms with van der Waals surface area (Å²) >= 11 is 0. The number of likely N-dealkylation sites (N-methyl/N-ethyl adjacent to an activating group) is 1. The Kier molecular flexibility index (Phi) is 5.36. The van der Waals surface area contributed by atoms with Crippen molar-refractivity contribution in [2.24, 2.45) is 5.92 Å². The van der Waals surface area contributed by atoms with E-state index in [-0.39, 0.29) is 11.9 Å². The minimum absolute atomic E-state index is 0.00636. The third-order valence-corrected chi connectivity index (χ3v) is 6.53. The second kappa shape index (κ2) is 8.30. The van der Waals surface area contributed by atoms with E-state index in [1.807, 2.05) is 47.1 Å². The molecule has 2 aromatic heterocycles. The van der Waals surface area contributed by atoms with E-state index >= 15 is 0 Å². The number of imidazole rings is 1. The predicted molar refractivity (Wildman–Crippen MR) is 122 cm³/mol. The number of carbonyl (C=O) groups is 1. The third kappa shape index (κ3) is 4.28. The van der Waals surface area contributed by atoms with Crippen LogP contribution in [0.2, 0.25) is 0 Å². The number of amides is 1. The lowest BCUT2D eigenvalue weighted by molar-refractivity contribution is 0.0919. The van der Waals surface area contributed by atoms with Gasteiger partial charge in [0.1, 0.15) is 5.82 Å². The van der Waals surface area contributed by atoms with Crippen LogP contribution in [0.25, 0.3) is 16.9 Å². The summed E-state index contributed by atoms with van der Waals surface area (Å²) in [5.74, 6) is 1.64. The molecule has 2 saturated carbocycles. The predicted octanol–water partition coefficient (Wildman–Crippen LogP) is 3.43. The molecule has 2 fully saturated rings. The van der Waals surface area contributed by atoms with Crippen LogP contribution in [0.1, 0.15) is 42.5 Å². The number of fused-ring (bicyclic) bond motifs is 1. The minimum Gasteiger partial charge on any atom is -0.368 e. The maximum absolute atomic E-state index is 12.8. The molecule has 0 aliphatic heterocycles. The Bertz CT molecular complexity index is 1070. The molecule has 3 aromatic rings. The molecule has 162 valence electrons. The number of hydrogen-bond donors (Lipinski definition) is 2. The maximum atomic E-state index is 12.8. The zero-order chi connectivity index (χ0) is 21.4. The van der Waals surface area contributed by atoms with Crippen molar-refractivity contribution >= 4 is 17.4 Å². The van der Waals surface area contributed by atoms with Crippen LogP contribution in [0, 0.1) is 5.92 Å². The van der Waals surface area contributed by atoms with Crippen LogP contribution >= 0.6 is 0 Å². The lowest BCUT2D eigenvalue weighted by atomic mass is 10.1. The van der Waals surface area contributed by atoms with Gasteiger partial charge in [0.15, 0.2) is 5.65 Å². The summed E-state index contributed by atoms with van der Waals surface area (Å²) in [6, 6.07) is 12.3. The largest absolute Gasteiger partial charge is 0.368 e. The zero-order valence-corrected chi connectivity index (χ0v) is 18.2. The van der Waals surface area contributed by atoms with Crippen LogP contribution in [-0.4, -0.2) is 58.1 Å². The molecule has 1 aromatic carbocycles. The van der Waals surface area contributed by atoms with E-state index in [0.717, 1.165) is 54.4 Å². The van der Waals surface area contributed by atoms with Crippen LogP contribution in [-0.2, 0) is 0 Å². The van der Waals surface area contributed by atoms with Crippen molar-refractivity contribution in [3.8, 4) is 11.3 Å². The molecule has 7 heteroatoms. The first kappa shape index (κ1) is 20.0. The van der Waals surface area contributed by atoms with Gasteiger partial charge in [0, 0.05) is 29.8 Å². The molecule has 31 heavy (non-hydrogen) atoms. The number of rotatable bonds is 7. The van der Waals surface area contributed by atoms with Gasteiger partial charge >= 0.3 is 0 Å². The first-order chi connectivity index (χ1) is 15.1. The molecule has 2 unspecified atom stereocenters. The minimum atomic E-state index is -0.00636. The molecule has 5 rings (SSSR count). The van der Waals surface area contributed by atoms with Crippen LogP contribution in [0.4, 0.5) is 5.82 Å². The van der Waals surface area contributed by atoms with Crippen LogP contribution in [0.5, 0.6) is 0 Å². The number of benzene rings is 1. The highest BCUT2D eigenvalue weighted by Crippen LogP contribution is 2.29. The van der Waals surface area contributed by atoms with Gasteiger partial charge < -0.3 is 15.5 Å². The summed E-state index contributed by atoms with van der Waals surface area (Å²) in [7, 11) is 4.17. The van der Waals surface area contributed by atoms with Gasteiger partial charge in [-0.05, 0) is 76.4 Å². The number of aromatic nitrogens is 3. The number of hydrogen-bond acceptors (Lipinski definition) is 5. The third-order valence-electron chi connectivity index (χ3n) is 6.53. The molecule has 2 N–H and O–H groups in total. The summed E-state index contributed by atoms with van der Waals surface area (Å²) in [5, 5.41) is 11.4. The standard InChI is InChI=1S/C24H30N6O/c1-29(2)20-5-3-4-19(20)27-24(31)18-10-8-17(9-11-18)21-15-26-23-13-12-22(28-30(21)23)25-14-16-6-7-16/h8-13,15-16,19-20H,3-7,14H2,1-2H3,(H,25,28)(H,27,31). The van der Waals surface area contributed by atoms with Gasteiger partial charge in [-0.25, -0.2) is 9.50 Å². The SMILES string of the molecule is CN(C)C1CCCC1NC(=O)c1ccc(-c2cnc3ccc(NCC4CC4)nn23)cc1. The van der Waals surface area contributed by atoms with Gasteiger partial charge in [-0.1, -0.05) is 12.1 Å². The summed E-state index contributed by atoms with van der Waals surface area (Å²) in [4.78, 5) is 19.5. The van der Waals surface area contributed by atoms with Crippen LogP contribution < -0.4 is 10.6 Å². The number of nitrogens with zero attached hydrogens (tertiary/aromatic N) is 4. The molecule has 0 saturated heterocycles. The monoisotopic (exact) mass is 418 g/mol. The Balaban J connectivity index is 1.31. The van der Waals surface area contributed by atoms with E-state index in [2.05, 4.69) is 34.6 Å². The van der Waals surface area contributed by atoms with Crippen molar-refractivity contribution in [3.63, 3.8) is 0 Å². The molecule has 2 aliphatic rings. The van der Waals surface area contributed by atoms with Crippen molar-refractivity contribution < 1.29 is 4.79 Å². The highest BCUT2D eigenvalue weighted by Gasteiger charge is 2.30. The van der Waals surface area contributed by atoms with E-state index in [4.69, 9.17) is 5.10 Å². The van der Waals surface area contributed by atoms with E-state index in [9.17, 15) is 4.79 Å². The summed E-state index contributed by atoms with van der Waals surface area (Å²) in [5.41, 5.74) is 3.40. The Hall–Kier alpha value is -2.93.